The molecule has 34 heavy (non-hydrogen) atoms. The van der Waals surface area contributed by atoms with E-state index in [9.17, 15) is 10.1 Å². The van der Waals surface area contributed by atoms with Gasteiger partial charge in [0.15, 0.2) is 11.5 Å². The fourth-order valence-corrected chi connectivity index (χ4v) is 6.49. The van der Waals surface area contributed by atoms with Gasteiger partial charge in [-0.2, -0.15) is 5.10 Å². The minimum atomic E-state index is -0.365. The first-order valence-electron chi connectivity index (χ1n) is 11.9. The summed E-state index contributed by atoms with van der Waals surface area (Å²) in [5.74, 6) is 1.33. The van der Waals surface area contributed by atoms with Crippen LogP contribution in [0.1, 0.15) is 74.1 Å². The zero-order valence-electron chi connectivity index (χ0n) is 20.6. The maximum absolute atomic E-state index is 11.4. The maximum atomic E-state index is 11.4. The normalized spacial score (nSPS) is 17.4. The highest BCUT2D eigenvalue weighted by molar-refractivity contribution is 7.19. The molecule has 9 nitrogen and oxygen atoms in total. The molecule has 0 fully saturated rings. The highest BCUT2D eigenvalue weighted by Gasteiger charge is 2.33. The largest absolute Gasteiger partial charge is 0.312 e. The lowest BCUT2D eigenvalue weighted by atomic mass is 9.70. The molecule has 0 aliphatic heterocycles. The predicted molar refractivity (Wildman–Crippen MR) is 133 cm³/mol. The van der Waals surface area contributed by atoms with E-state index in [1.54, 1.807) is 40.7 Å². The lowest BCUT2D eigenvalue weighted by Crippen LogP contribution is -2.28. The van der Waals surface area contributed by atoms with Crippen molar-refractivity contribution in [1.29, 1.82) is 0 Å². The molecule has 5 rings (SSSR count). The third-order valence-electron chi connectivity index (χ3n) is 7.83. The number of thiophene rings is 1. The molecule has 0 amide bonds. The molecule has 4 aromatic heterocycles. The van der Waals surface area contributed by atoms with E-state index in [0.29, 0.717) is 35.1 Å². The van der Waals surface area contributed by atoms with Gasteiger partial charge in [0.2, 0.25) is 0 Å². The van der Waals surface area contributed by atoms with Crippen LogP contribution in [0.2, 0.25) is 0 Å². The van der Waals surface area contributed by atoms with Crippen molar-refractivity contribution < 1.29 is 4.92 Å². The Labute approximate surface area is 202 Å². The summed E-state index contributed by atoms with van der Waals surface area (Å²) in [6, 6.07) is 0. The summed E-state index contributed by atoms with van der Waals surface area (Å²) in [5, 5.41) is 21.6. The van der Waals surface area contributed by atoms with Crippen LogP contribution in [-0.2, 0) is 19.4 Å². The fraction of sp³-hybridized carbons (Fsp3) is 0.583. The zero-order chi connectivity index (χ0) is 24.4. The molecule has 180 valence electrons. The van der Waals surface area contributed by atoms with Crippen molar-refractivity contribution in [3.05, 3.63) is 44.1 Å². The van der Waals surface area contributed by atoms with Crippen molar-refractivity contribution in [2.75, 3.05) is 0 Å². The number of fused-ring (bicyclic) bond motifs is 5. The van der Waals surface area contributed by atoms with Crippen LogP contribution in [0.4, 0.5) is 5.69 Å². The average Bonchev–Trinajstić information content (AvgIpc) is 3.45. The zero-order valence-corrected chi connectivity index (χ0v) is 21.4. The minimum absolute atomic E-state index is 0.0586. The summed E-state index contributed by atoms with van der Waals surface area (Å²) >= 11 is 1.80. The van der Waals surface area contributed by atoms with Crippen LogP contribution in [0.5, 0.6) is 0 Å². The van der Waals surface area contributed by atoms with Gasteiger partial charge in [-0.05, 0) is 50.0 Å². The van der Waals surface area contributed by atoms with Gasteiger partial charge in [-0.3, -0.25) is 14.8 Å². The summed E-state index contributed by atoms with van der Waals surface area (Å²) in [6.07, 6.45) is 6.29. The third kappa shape index (κ3) is 3.59. The van der Waals surface area contributed by atoms with Crippen molar-refractivity contribution in [3.8, 4) is 0 Å². The molecule has 0 spiro atoms. The molecule has 4 heterocycles. The molecule has 0 aromatic carbocycles. The molecule has 10 heteroatoms. The van der Waals surface area contributed by atoms with Gasteiger partial charge in [0.05, 0.1) is 16.9 Å². The van der Waals surface area contributed by atoms with E-state index in [4.69, 9.17) is 15.1 Å². The highest BCUT2D eigenvalue weighted by atomic mass is 32.1. The SMILES string of the molecule is CCC(C)(C)C1CCc2c(sc3ncn4nc(C(C)Cn5nc(C)c([N+](=O)[O-])c5C)nc4c23)C1. The van der Waals surface area contributed by atoms with Crippen LogP contribution in [-0.4, -0.2) is 34.3 Å². The van der Waals surface area contributed by atoms with Crippen LogP contribution < -0.4 is 0 Å². The van der Waals surface area contributed by atoms with E-state index in [0.717, 1.165) is 28.7 Å². The van der Waals surface area contributed by atoms with E-state index < -0.39 is 0 Å². The first-order chi connectivity index (χ1) is 16.1. The van der Waals surface area contributed by atoms with Crippen LogP contribution in [0.3, 0.4) is 0 Å². The number of rotatable bonds is 6. The van der Waals surface area contributed by atoms with Crippen molar-refractivity contribution in [3.63, 3.8) is 0 Å². The van der Waals surface area contributed by atoms with Gasteiger partial charge in [-0.25, -0.2) is 14.5 Å². The second-order valence-corrected chi connectivity index (χ2v) is 11.4. The maximum Gasteiger partial charge on any atom is 0.312 e. The lowest BCUT2D eigenvalue weighted by Gasteiger charge is -2.36. The minimum Gasteiger partial charge on any atom is -0.262 e. The lowest BCUT2D eigenvalue weighted by molar-refractivity contribution is -0.386. The smallest absolute Gasteiger partial charge is 0.262 e. The Kier molecular flexibility index (Phi) is 5.46. The molecular weight excluding hydrogens is 450 g/mol. The standard InChI is InChI=1S/C24H31N7O2S/c1-7-24(5,6)16-8-9-17-18(10-16)34-23-19(17)22-26-21(28-30(22)12-25-23)13(2)11-29-15(4)20(31(32)33)14(3)27-29/h12-13,16H,7-11H2,1-6H3. The molecule has 0 saturated carbocycles. The molecule has 1 aliphatic rings. The monoisotopic (exact) mass is 481 g/mol. The average molecular weight is 482 g/mol. The summed E-state index contributed by atoms with van der Waals surface area (Å²) in [6.45, 7) is 13.0. The van der Waals surface area contributed by atoms with Gasteiger partial charge in [0, 0.05) is 10.8 Å². The van der Waals surface area contributed by atoms with Gasteiger partial charge in [0.1, 0.15) is 22.5 Å². The molecule has 0 saturated heterocycles. The molecule has 2 atom stereocenters. The Balaban J connectivity index is 1.49. The molecule has 1 aliphatic carbocycles. The van der Waals surface area contributed by atoms with Gasteiger partial charge < -0.3 is 0 Å². The van der Waals surface area contributed by atoms with Crippen molar-refractivity contribution >= 4 is 32.9 Å². The van der Waals surface area contributed by atoms with E-state index in [1.807, 2.05) is 6.92 Å². The Morgan fingerprint density at radius 1 is 1.32 bits per heavy atom. The summed E-state index contributed by atoms with van der Waals surface area (Å²) in [5.41, 5.74) is 3.65. The number of aromatic nitrogens is 6. The van der Waals surface area contributed by atoms with Crippen LogP contribution in [0.15, 0.2) is 6.33 Å². The molecular formula is C24H31N7O2S. The Morgan fingerprint density at radius 2 is 2.09 bits per heavy atom. The van der Waals surface area contributed by atoms with E-state index in [2.05, 4.69) is 25.9 Å². The fourth-order valence-electron chi connectivity index (χ4n) is 5.23. The van der Waals surface area contributed by atoms with E-state index in [-0.39, 0.29) is 16.5 Å². The van der Waals surface area contributed by atoms with Gasteiger partial charge in [-0.1, -0.05) is 34.1 Å². The number of nitrogens with zero attached hydrogens (tertiary/aromatic N) is 7. The molecule has 0 bridgehead atoms. The number of hydrogen-bond acceptors (Lipinski definition) is 7. The number of aryl methyl sites for hydroxylation is 2. The topological polar surface area (TPSA) is 104 Å². The van der Waals surface area contributed by atoms with Crippen LogP contribution in [0, 0.1) is 35.3 Å². The van der Waals surface area contributed by atoms with Crippen LogP contribution in [0.25, 0.3) is 15.9 Å². The van der Waals surface area contributed by atoms with Crippen molar-refractivity contribution in [2.45, 2.75) is 79.7 Å². The highest BCUT2D eigenvalue weighted by Crippen LogP contribution is 2.45. The summed E-state index contributed by atoms with van der Waals surface area (Å²) in [4.78, 5) is 23.1. The number of nitro groups is 1. The first kappa shape index (κ1) is 22.9. The first-order valence-corrected chi connectivity index (χ1v) is 12.8. The van der Waals surface area contributed by atoms with Gasteiger partial charge >= 0.3 is 5.69 Å². The molecule has 2 unspecified atom stereocenters. The summed E-state index contributed by atoms with van der Waals surface area (Å²) < 4.78 is 3.48. The van der Waals surface area contributed by atoms with E-state index >= 15 is 0 Å². The molecule has 0 N–H and O–H groups in total. The van der Waals surface area contributed by atoms with E-state index in [1.165, 1.54) is 23.3 Å². The van der Waals surface area contributed by atoms with Crippen LogP contribution >= 0.6 is 11.3 Å². The molecule has 4 aromatic rings. The third-order valence-corrected chi connectivity index (χ3v) is 8.99. The Bertz CT molecular complexity index is 1410. The van der Waals surface area contributed by atoms with Crippen molar-refractivity contribution in [1.82, 2.24) is 29.4 Å². The second-order valence-electron chi connectivity index (χ2n) is 10.3. The quantitative estimate of drug-likeness (QED) is 0.270. The van der Waals surface area contributed by atoms with Crippen molar-refractivity contribution in [2.24, 2.45) is 11.3 Å². The summed E-state index contributed by atoms with van der Waals surface area (Å²) in [7, 11) is 0. The predicted octanol–water partition coefficient (Wildman–Crippen LogP) is 5.41. The van der Waals surface area contributed by atoms with Gasteiger partial charge in [0.25, 0.3) is 0 Å². The molecule has 0 radical (unpaired) electrons. The Hall–Kier alpha value is -2.88. The number of hydrogen-bond donors (Lipinski definition) is 0. The second kappa shape index (κ2) is 8.11. The Morgan fingerprint density at radius 3 is 2.76 bits per heavy atom. The van der Waals surface area contributed by atoms with Gasteiger partial charge in [-0.15, -0.1) is 16.4 Å².